The first-order chi connectivity index (χ1) is 6.26. The van der Waals surface area contributed by atoms with Crippen molar-refractivity contribution in [3.8, 4) is 0 Å². The van der Waals surface area contributed by atoms with E-state index >= 15 is 0 Å². The van der Waals surface area contributed by atoms with Gasteiger partial charge in [-0.2, -0.15) is 0 Å². The summed E-state index contributed by atoms with van der Waals surface area (Å²) in [6.07, 6.45) is 2.07. The molecule has 0 bridgehead atoms. The summed E-state index contributed by atoms with van der Waals surface area (Å²) in [6.45, 7) is 3.64. The second-order valence-electron chi connectivity index (χ2n) is 2.69. The van der Waals surface area contributed by atoms with Gasteiger partial charge in [-0.05, 0) is 11.1 Å². The highest BCUT2D eigenvalue weighted by molar-refractivity contribution is 5.77. The van der Waals surface area contributed by atoms with Crippen LogP contribution in [0.2, 0.25) is 0 Å². The Balaban J connectivity index is 2.69. The zero-order valence-electron chi connectivity index (χ0n) is 7.29. The van der Waals surface area contributed by atoms with Crippen molar-refractivity contribution in [1.29, 1.82) is 0 Å². The zero-order valence-corrected chi connectivity index (χ0v) is 7.29. The van der Waals surface area contributed by atoms with Crippen molar-refractivity contribution in [3.05, 3.63) is 42.0 Å². The van der Waals surface area contributed by atoms with Gasteiger partial charge in [0, 0.05) is 0 Å². The van der Waals surface area contributed by atoms with Crippen LogP contribution in [-0.2, 0) is 11.2 Å². The van der Waals surface area contributed by atoms with E-state index in [1.54, 1.807) is 6.08 Å². The van der Waals surface area contributed by atoms with Crippen LogP contribution in [0.4, 0.5) is 0 Å². The third-order valence-electron chi connectivity index (χ3n) is 1.74. The number of hydrogen-bond acceptors (Lipinski definition) is 2. The number of carbonyl (C=O) groups excluding carboxylic acids is 1. The summed E-state index contributed by atoms with van der Waals surface area (Å²) in [6, 6.07) is 7.58. The van der Waals surface area contributed by atoms with Gasteiger partial charge < -0.3 is 0 Å². The maximum atomic E-state index is 10.9. The van der Waals surface area contributed by atoms with Crippen LogP contribution < -0.4 is 11.3 Å². The molecule has 0 aromatic heterocycles. The number of hydrogen-bond donors (Lipinski definition) is 2. The molecule has 0 saturated carbocycles. The Morgan fingerprint density at radius 2 is 2.08 bits per heavy atom. The Labute approximate surface area is 77.2 Å². The molecule has 1 rings (SSSR count). The molecule has 3 nitrogen and oxygen atoms in total. The van der Waals surface area contributed by atoms with E-state index < -0.39 is 0 Å². The van der Waals surface area contributed by atoms with Crippen molar-refractivity contribution < 1.29 is 4.79 Å². The molecule has 0 radical (unpaired) electrons. The first-order valence-electron chi connectivity index (χ1n) is 3.97. The summed E-state index contributed by atoms with van der Waals surface area (Å²) in [5, 5.41) is 0. The molecule has 3 N–H and O–H groups in total. The van der Waals surface area contributed by atoms with Crippen LogP contribution >= 0.6 is 0 Å². The quantitative estimate of drug-likeness (QED) is 0.408. The van der Waals surface area contributed by atoms with Gasteiger partial charge >= 0.3 is 0 Å². The number of carbonyl (C=O) groups is 1. The van der Waals surface area contributed by atoms with E-state index in [9.17, 15) is 4.79 Å². The molecule has 0 aliphatic carbocycles. The minimum Gasteiger partial charge on any atom is -0.294 e. The molecular weight excluding hydrogens is 164 g/mol. The topological polar surface area (TPSA) is 55.1 Å². The van der Waals surface area contributed by atoms with Gasteiger partial charge in [0.2, 0.25) is 5.91 Å². The summed E-state index contributed by atoms with van der Waals surface area (Å²) in [4.78, 5) is 10.9. The average Bonchev–Trinajstić information content (AvgIpc) is 2.19. The van der Waals surface area contributed by atoms with Gasteiger partial charge in [-0.25, -0.2) is 5.84 Å². The molecule has 1 aromatic carbocycles. The van der Waals surface area contributed by atoms with E-state index in [0.717, 1.165) is 11.1 Å². The van der Waals surface area contributed by atoms with Crippen molar-refractivity contribution in [2.45, 2.75) is 6.42 Å². The average molecular weight is 176 g/mol. The summed E-state index contributed by atoms with van der Waals surface area (Å²) in [7, 11) is 0. The van der Waals surface area contributed by atoms with Gasteiger partial charge in [-0.3, -0.25) is 10.2 Å². The van der Waals surface area contributed by atoms with Crippen LogP contribution in [0.3, 0.4) is 0 Å². The largest absolute Gasteiger partial charge is 0.294 e. The maximum absolute atomic E-state index is 10.9. The first-order valence-corrected chi connectivity index (χ1v) is 3.97. The highest BCUT2D eigenvalue weighted by Crippen LogP contribution is 2.05. The lowest BCUT2D eigenvalue weighted by Crippen LogP contribution is -2.31. The fourth-order valence-electron chi connectivity index (χ4n) is 1.01. The van der Waals surface area contributed by atoms with Gasteiger partial charge in [-0.15, -0.1) is 0 Å². The minimum absolute atomic E-state index is 0.189. The fraction of sp³-hybridized carbons (Fsp3) is 0.100. The summed E-state index contributed by atoms with van der Waals surface area (Å²) < 4.78 is 0. The number of rotatable bonds is 3. The molecule has 0 atom stereocenters. The summed E-state index contributed by atoms with van der Waals surface area (Å²) in [5.41, 5.74) is 4.06. The van der Waals surface area contributed by atoms with Gasteiger partial charge in [0.25, 0.3) is 0 Å². The minimum atomic E-state index is -0.189. The number of nitrogens with one attached hydrogen (secondary N) is 1. The van der Waals surface area contributed by atoms with Gasteiger partial charge in [0.1, 0.15) is 0 Å². The van der Waals surface area contributed by atoms with Crippen molar-refractivity contribution in [1.82, 2.24) is 5.43 Å². The van der Waals surface area contributed by atoms with Crippen molar-refractivity contribution >= 4 is 12.0 Å². The second kappa shape index (κ2) is 4.42. The van der Waals surface area contributed by atoms with E-state index in [0.29, 0.717) is 6.42 Å². The van der Waals surface area contributed by atoms with Crippen LogP contribution in [-0.4, -0.2) is 5.91 Å². The highest BCUT2D eigenvalue weighted by Gasteiger charge is 1.99. The first kappa shape index (κ1) is 9.48. The van der Waals surface area contributed by atoms with Crippen molar-refractivity contribution in [2.75, 3.05) is 0 Å². The van der Waals surface area contributed by atoms with E-state index in [1.807, 2.05) is 24.3 Å². The second-order valence-corrected chi connectivity index (χ2v) is 2.69. The van der Waals surface area contributed by atoms with E-state index in [4.69, 9.17) is 5.84 Å². The molecule has 0 aliphatic rings. The lowest BCUT2D eigenvalue weighted by Gasteiger charge is -2.00. The Morgan fingerprint density at radius 3 is 2.54 bits per heavy atom. The number of nitrogens with two attached hydrogens (primary N) is 1. The molecule has 0 fully saturated rings. The Kier molecular flexibility index (Phi) is 3.23. The maximum Gasteiger partial charge on any atom is 0.238 e. The van der Waals surface area contributed by atoms with Crippen LogP contribution in [0, 0.1) is 0 Å². The standard InChI is InChI=1S/C10H12N2O/c1-2-8-3-5-9(6-4-8)7-10(13)12-11/h2-6H,1,7,11H2,(H,12,13). The summed E-state index contributed by atoms with van der Waals surface area (Å²) >= 11 is 0. The third kappa shape index (κ3) is 2.72. The lowest BCUT2D eigenvalue weighted by atomic mass is 10.1. The molecule has 68 valence electrons. The van der Waals surface area contributed by atoms with Crippen LogP contribution in [0.5, 0.6) is 0 Å². The lowest BCUT2D eigenvalue weighted by molar-refractivity contribution is -0.120. The molecule has 0 heterocycles. The molecule has 1 amide bonds. The molecule has 1 aromatic rings. The Hall–Kier alpha value is -1.61. The third-order valence-corrected chi connectivity index (χ3v) is 1.74. The molecular formula is C10H12N2O. The SMILES string of the molecule is C=Cc1ccc(CC(=O)NN)cc1. The van der Waals surface area contributed by atoms with E-state index in [2.05, 4.69) is 12.0 Å². The van der Waals surface area contributed by atoms with Crippen molar-refractivity contribution in [2.24, 2.45) is 5.84 Å². The van der Waals surface area contributed by atoms with Gasteiger partial charge in [0.15, 0.2) is 0 Å². The Bertz CT molecular complexity index is 303. The number of amides is 1. The smallest absolute Gasteiger partial charge is 0.238 e. The molecule has 0 aliphatic heterocycles. The number of benzene rings is 1. The van der Waals surface area contributed by atoms with Crippen LogP contribution in [0.15, 0.2) is 30.8 Å². The predicted octanol–water partition coefficient (Wildman–Crippen LogP) is 0.862. The van der Waals surface area contributed by atoms with Crippen LogP contribution in [0.25, 0.3) is 6.08 Å². The predicted molar refractivity (Wildman–Crippen MR) is 52.6 cm³/mol. The highest BCUT2D eigenvalue weighted by atomic mass is 16.2. The molecule has 13 heavy (non-hydrogen) atoms. The molecule has 0 unspecified atom stereocenters. The van der Waals surface area contributed by atoms with Crippen LogP contribution in [0.1, 0.15) is 11.1 Å². The molecule has 3 heteroatoms. The normalized spacial score (nSPS) is 9.31. The molecule has 0 saturated heterocycles. The Morgan fingerprint density at radius 1 is 1.46 bits per heavy atom. The molecule has 0 spiro atoms. The van der Waals surface area contributed by atoms with Crippen molar-refractivity contribution in [3.63, 3.8) is 0 Å². The van der Waals surface area contributed by atoms with Gasteiger partial charge in [0.05, 0.1) is 6.42 Å². The van der Waals surface area contributed by atoms with Gasteiger partial charge in [-0.1, -0.05) is 36.9 Å². The zero-order chi connectivity index (χ0) is 9.68. The fourth-order valence-corrected chi connectivity index (χ4v) is 1.01. The van der Waals surface area contributed by atoms with E-state index in [1.165, 1.54) is 0 Å². The summed E-state index contributed by atoms with van der Waals surface area (Å²) in [5.74, 6) is 4.77. The van der Waals surface area contributed by atoms with E-state index in [-0.39, 0.29) is 5.91 Å². The number of hydrazine groups is 1. The monoisotopic (exact) mass is 176 g/mol.